The topological polar surface area (TPSA) is 63.5 Å². The minimum absolute atomic E-state index is 0.0213. The minimum Gasteiger partial charge on any atom is -0.496 e. The Labute approximate surface area is 162 Å². The van der Waals surface area contributed by atoms with Gasteiger partial charge in [0.15, 0.2) is 11.7 Å². The summed E-state index contributed by atoms with van der Waals surface area (Å²) >= 11 is 0. The van der Waals surface area contributed by atoms with Crippen LogP contribution in [0.4, 0.5) is 13.2 Å². The summed E-state index contributed by atoms with van der Waals surface area (Å²) in [6.07, 6.45) is -3.18. The van der Waals surface area contributed by atoms with Crippen LogP contribution in [-0.4, -0.2) is 29.4 Å². The predicted molar refractivity (Wildman–Crippen MR) is 102 cm³/mol. The number of halogens is 3. The molecule has 9 heteroatoms. The molecule has 2 aromatic rings. The van der Waals surface area contributed by atoms with Gasteiger partial charge in [-0.2, -0.15) is 18.3 Å². The molecule has 0 spiro atoms. The van der Waals surface area contributed by atoms with Crippen molar-refractivity contribution in [2.45, 2.75) is 39.5 Å². The summed E-state index contributed by atoms with van der Waals surface area (Å²) in [5.74, 6) is 1.14. The van der Waals surface area contributed by atoms with E-state index in [1.165, 1.54) is 13.2 Å². The SMILES string of the molecule is CCNC(=NCc1cn(C)nc1C(F)(F)F)NC(C)c1cc(C)ccc1OC. The molecule has 1 heterocycles. The first-order valence-electron chi connectivity index (χ1n) is 8.94. The molecule has 1 atom stereocenters. The van der Waals surface area contributed by atoms with Gasteiger partial charge in [0.2, 0.25) is 0 Å². The lowest BCUT2D eigenvalue weighted by Gasteiger charge is -2.20. The van der Waals surface area contributed by atoms with Crippen molar-refractivity contribution in [3.05, 3.63) is 46.8 Å². The van der Waals surface area contributed by atoms with Crippen LogP contribution in [0.5, 0.6) is 5.75 Å². The third-order valence-corrected chi connectivity index (χ3v) is 4.13. The van der Waals surface area contributed by atoms with E-state index in [0.717, 1.165) is 21.6 Å². The zero-order chi connectivity index (χ0) is 20.9. The standard InChI is InChI=1S/C19H26F3N5O/c1-6-23-18(24-10-14-11-27(4)26-17(14)19(20,21)22)25-13(3)15-9-12(2)7-8-16(15)28-5/h7-9,11,13H,6,10H2,1-5H3,(H2,23,24,25). The fourth-order valence-electron chi connectivity index (χ4n) is 2.85. The summed E-state index contributed by atoms with van der Waals surface area (Å²) in [5.41, 5.74) is 1.12. The number of ether oxygens (including phenoxy) is 1. The number of aliphatic imine (C=N–C) groups is 1. The van der Waals surface area contributed by atoms with Gasteiger partial charge < -0.3 is 15.4 Å². The molecule has 154 valence electrons. The number of rotatable bonds is 6. The number of hydrogen-bond donors (Lipinski definition) is 2. The fourth-order valence-corrected chi connectivity index (χ4v) is 2.85. The molecule has 0 bridgehead atoms. The van der Waals surface area contributed by atoms with Crippen molar-refractivity contribution >= 4 is 5.96 Å². The number of hydrogen-bond acceptors (Lipinski definition) is 3. The number of alkyl halides is 3. The number of nitrogens with one attached hydrogen (secondary N) is 2. The molecule has 0 saturated carbocycles. The first kappa shape index (κ1) is 21.6. The third-order valence-electron chi connectivity index (χ3n) is 4.13. The lowest BCUT2D eigenvalue weighted by atomic mass is 10.0. The summed E-state index contributed by atoms with van der Waals surface area (Å²) in [6, 6.07) is 5.68. The van der Waals surface area contributed by atoms with Gasteiger partial charge in [-0.3, -0.25) is 4.68 Å². The lowest BCUT2D eigenvalue weighted by molar-refractivity contribution is -0.142. The molecular formula is C19H26F3N5O. The number of guanidine groups is 1. The van der Waals surface area contributed by atoms with E-state index in [1.807, 2.05) is 39.0 Å². The van der Waals surface area contributed by atoms with E-state index < -0.39 is 11.9 Å². The fraction of sp³-hybridized carbons (Fsp3) is 0.474. The van der Waals surface area contributed by atoms with Crippen molar-refractivity contribution in [2.24, 2.45) is 12.0 Å². The van der Waals surface area contributed by atoms with Crippen molar-refractivity contribution in [1.82, 2.24) is 20.4 Å². The molecular weight excluding hydrogens is 371 g/mol. The molecule has 6 nitrogen and oxygen atoms in total. The number of benzene rings is 1. The summed E-state index contributed by atoms with van der Waals surface area (Å²) < 4.78 is 45.9. The highest BCUT2D eigenvalue weighted by molar-refractivity contribution is 5.80. The van der Waals surface area contributed by atoms with Gasteiger partial charge >= 0.3 is 6.18 Å². The summed E-state index contributed by atoms with van der Waals surface area (Å²) in [5, 5.41) is 9.79. The monoisotopic (exact) mass is 397 g/mol. The molecule has 0 fully saturated rings. The molecule has 0 aliphatic heterocycles. The van der Waals surface area contributed by atoms with Crippen molar-refractivity contribution in [2.75, 3.05) is 13.7 Å². The van der Waals surface area contributed by atoms with Crippen LogP contribution < -0.4 is 15.4 Å². The Kier molecular flexibility index (Phi) is 6.93. The van der Waals surface area contributed by atoms with Gasteiger partial charge in [-0.15, -0.1) is 0 Å². The normalized spacial score (nSPS) is 13.4. The second kappa shape index (κ2) is 8.99. The molecule has 0 saturated heterocycles. The number of methoxy groups -OCH3 is 1. The quantitative estimate of drug-likeness (QED) is 0.578. The van der Waals surface area contributed by atoms with Gasteiger partial charge in [-0.1, -0.05) is 17.7 Å². The van der Waals surface area contributed by atoms with Crippen molar-refractivity contribution < 1.29 is 17.9 Å². The molecule has 28 heavy (non-hydrogen) atoms. The molecule has 0 amide bonds. The number of aryl methyl sites for hydroxylation is 2. The van der Waals surface area contributed by atoms with E-state index in [2.05, 4.69) is 20.7 Å². The van der Waals surface area contributed by atoms with Crippen LogP contribution in [0.15, 0.2) is 29.4 Å². The van der Waals surface area contributed by atoms with Crippen LogP contribution in [0, 0.1) is 6.92 Å². The van der Waals surface area contributed by atoms with Gasteiger partial charge in [0.05, 0.1) is 19.7 Å². The van der Waals surface area contributed by atoms with Gasteiger partial charge in [0.1, 0.15) is 5.75 Å². The van der Waals surface area contributed by atoms with Crippen LogP contribution in [0.3, 0.4) is 0 Å². The van der Waals surface area contributed by atoms with Crippen molar-refractivity contribution in [3.8, 4) is 5.75 Å². The Morgan fingerprint density at radius 2 is 2.07 bits per heavy atom. The van der Waals surface area contributed by atoms with E-state index in [1.54, 1.807) is 7.11 Å². The predicted octanol–water partition coefficient (Wildman–Crippen LogP) is 3.57. The van der Waals surface area contributed by atoms with Crippen LogP contribution in [0.2, 0.25) is 0 Å². The molecule has 0 aliphatic rings. The van der Waals surface area contributed by atoms with Crippen molar-refractivity contribution in [1.29, 1.82) is 0 Å². The Bertz CT molecular complexity index is 829. The lowest BCUT2D eigenvalue weighted by Crippen LogP contribution is -2.38. The van der Waals surface area contributed by atoms with E-state index in [0.29, 0.717) is 12.5 Å². The van der Waals surface area contributed by atoms with Gasteiger partial charge in [-0.25, -0.2) is 4.99 Å². The Hall–Kier alpha value is -2.71. The van der Waals surface area contributed by atoms with E-state index >= 15 is 0 Å². The molecule has 2 N–H and O–H groups in total. The first-order chi connectivity index (χ1) is 13.2. The van der Waals surface area contributed by atoms with E-state index in [4.69, 9.17) is 4.74 Å². The highest BCUT2D eigenvalue weighted by atomic mass is 19.4. The third kappa shape index (κ3) is 5.40. The van der Waals surface area contributed by atoms with Gasteiger partial charge in [0.25, 0.3) is 0 Å². The Morgan fingerprint density at radius 1 is 1.36 bits per heavy atom. The second-order valence-corrected chi connectivity index (χ2v) is 6.48. The largest absolute Gasteiger partial charge is 0.496 e. The molecule has 0 radical (unpaired) electrons. The smallest absolute Gasteiger partial charge is 0.435 e. The van der Waals surface area contributed by atoms with Gasteiger partial charge in [-0.05, 0) is 26.8 Å². The van der Waals surface area contributed by atoms with E-state index in [-0.39, 0.29) is 18.2 Å². The second-order valence-electron chi connectivity index (χ2n) is 6.48. The summed E-state index contributed by atoms with van der Waals surface area (Å²) in [7, 11) is 3.05. The maximum absolute atomic E-state index is 13.1. The number of aromatic nitrogens is 2. The van der Waals surface area contributed by atoms with Crippen LogP contribution >= 0.6 is 0 Å². The highest BCUT2D eigenvalue weighted by Gasteiger charge is 2.36. The Balaban J connectivity index is 2.23. The Morgan fingerprint density at radius 3 is 2.68 bits per heavy atom. The molecule has 1 unspecified atom stereocenters. The molecule has 1 aromatic carbocycles. The zero-order valence-corrected chi connectivity index (χ0v) is 16.7. The summed E-state index contributed by atoms with van der Waals surface area (Å²) in [4.78, 5) is 4.31. The average Bonchev–Trinajstić information content (AvgIpc) is 3.01. The molecule has 1 aromatic heterocycles. The molecule has 0 aliphatic carbocycles. The highest BCUT2D eigenvalue weighted by Crippen LogP contribution is 2.31. The van der Waals surface area contributed by atoms with Crippen LogP contribution in [0.25, 0.3) is 0 Å². The average molecular weight is 397 g/mol. The first-order valence-corrected chi connectivity index (χ1v) is 8.94. The number of nitrogens with zero attached hydrogens (tertiary/aromatic N) is 3. The zero-order valence-electron chi connectivity index (χ0n) is 16.7. The van der Waals surface area contributed by atoms with Crippen LogP contribution in [0.1, 0.15) is 42.3 Å². The van der Waals surface area contributed by atoms with Gasteiger partial charge in [0, 0.05) is 30.9 Å². The summed E-state index contributed by atoms with van der Waals surface area (Å²) in [6.45, 7) is 6.24. The van der Waals surface area contributed by atoms with E-state index in [9.17, 15) is 13.2 Å². The van der Waals surface area contributed by atoms with Crippen LogP contribution in [-0.2, 0) is 19.8 Å². The molecule has 2 rings (SSSR count). The van der Waals surface area contributed by atoms with Crippen molar-refractivity contribution in [3.63, 3.8) is 0 Å². The maximum atomic E-state index is 13.1. The minimum atomic E-state index is -4.51. The maximum Gasteiger partial charge on any atom is 0.435 e.